The molecule has 2 amide bonds. The van der Waals surface area contributed by atoms with E-state index in [4.69, 9.17) is 32.9 Å². The van der Waals surface area contributed by atoms with Crippen molar-refractivity contribution in [3.8, 4) is 28.3 Å². The van der Waals surface area contributed by atoms with E-state index in [1.165, 1.54) is 0 Å². The van der Waals surface area contributed by atoms with Crippen LogP contribution in [0.5, 0.6) is 5.88 Å². The van der Waals surface area contributed by atoms with Gasteiger partial charge in [-0.25, -0.2) is 9.97 Å². The molecule has 5 heterocycles. The number of likely N-dealkylation sites (N-methyl/N-ethyl adjacent to an activating group) is 1. The van der Waals surface area contributed by atoms with Crippen LogP contribution >= 0.6 is 23.2 Å². The number of aromatic nitrogens is 3. The summed E-state index contributed by atoms with van der Waals surface area (Å²) in [4.78, 5) is 40.9. The number of methoxy groups -OCH3 is 1. The number of nitrogens with one attached hydrogen (secondary N) is 1. The summed E-state index contributed by atoms with van der Waals surface area (Å²) in [6.07, 6.45) is 0.846. The maximum Gasteiger partial charge on any atom is 0.291 e. The number of ether oxygens (including phenoxy) is 1. The second kappa shape index (κ2) is 12.2. The van der Waals surface area contributed by atoms with Gasteiger partial charge in [-0.3, -0.25) is 14.5 Å². The summed E-state index contributed by atoms with van der Waals surface area (Å²) in [6, 6.07) is 15.2. The molecule has 0 saturated carbocycles. The SMILES string of the molecule is COc1nc(-c2cccc(-c3cccc(NC(=O)c4nc5c(n4C)CCN(C)C5)c3Cl)c2Cl)ccc1CN1CC2(C1)CN(C(C)=O)C2. The molecule has 2 aromatic carbocycles. The highest BCUT2D eigenvalue weighted by Gasteiger charge is 2.52. The molecule has 12 heteroatoms. The third kappa shape index (κ3) is 5.77. The molecule has 0 aliphatic carbocycles. The Kier molecular flexibility index (Phi) is 8.24. The fourth-order valence-electron chi connectivity index (χ4n) is 7.17. The predicted molar refractivity (Wildman–Crippen MR) is 183 cm³/mol. The third-order valence-corrected chi connectivity index (χ3v) is 10.4. The van der Waals surface area contributed by atoms with E-state index in [1.54, 1.807) is 20.1 Å². The summed E-state index contributed by atoms with van der Waals surface area (Å²) >= 11 is 14.0. The Morgan fingerprint density at radius 1 is 0.936 bits per heavy atom. The summed E-state index contributed by atoms with van der Waals surface area (Å²) in [7, 11) is 5.55. The molecular formula is C35H37Cl2N7O3. The average molecular weight is 675 g/mol. The van der Waals surface area contributed by atoms with Crippen molar-refractivity contribution >= 4 is 40.7 Å². The number of amides is 2. The van der Waals surface area contributed by atoms with Gasteiger partial charge in [-0.05, 0) is 19.2 Å². The van der Waals surface area contributed by atoms with Crippen molar-refractivity contribution in [2.75, 3.05) is 52.2 Å². The van der Waals surface area contributed by atoms with Gasteiger partial charge >= 0.3 is 0 Å². The van der Waals surface area contributed by atoms with E-state index in [2.05, 4.69) is 20.1 Å². The molecule has 244 valence electrons. The van der Waals surface area contributed by atoms with Crippen molar-refractivity contribution in [2.45, 2.75) is 26.4 Å². The molecule has 1 spiro atoms. The highest BCUT2D eigenvalue weighted by Crippen LogP contribution is 2.43. The van der Waals surface area contributed by atoms with Crippen LogP contribution in [0.15, 0.2) is 48.5 Å². The van der Waals surface area contributed by atoms with Crippen molar-refractivity contribution < 1.29 is 14.3 Å². The van der Waals surface area contributed by atoms with E-state index >= 15 is 0 Å². The van der Waals surface area contributed by atoms with Crippen molar-refractivity contribution in [1.82, 2.24) is 29.2 Å². The summed E-state index contributed by atoms with van der Waals surface area (Å²) < 4.78 is 7.59. The van der Waals surface area contributed by atoms with Gasteiger partial charge < -0.3 is 24.4 Å². The number of fused-ring (bicyclic) bond motifs is 1. The van der Waals surface area contributed by atoms with E-state index in [1.807, 2.05) is 66.0 Å². The minimum Gasteiger partial charge on any atom is -0.481 e. The summed E-state index contributed by atoms with van der Waals surface area (Å²) in [5.74, 6) is 0.728. The van der Waals surface area contributed by atoms with Crippen LogP contribution in [0.2, 0.25) is 10.0 Å². The summed E-state index contributed by atoms with van der Waals surface area (Å²) in [5.41, 5.74) is 6.54. The average Bonchev–Trinajstić information content (AvgIpc) is 3.34. The van der Waals surface area contributed by atoms with E-state index in [0.29, 0.717) is 45.2 Å². The van der Waals surface area contributed by atoms with Crippen molar-refractivity contribution in [1.29, 1.82) is 0 Å². The van der Waals surface area contributed by atoms with E-state index in [0.717, 1.165) is 73.8 Å². The van der Waals surface area contributed by atoms with Gasteiger partial charge in [0, 0.05) is 99.6 Å². The molecule has 3 aliphatic rings. The first kappa shape index (κ1) is 31.6. The molecule has 0 bridgehead atoms. The standard InChI is InChI=1S/C35H37Cl2N7O3/c1-21(45)44-19-35(20-44)17-43(18-35)15-22-11-12-26(40-34(22)47-4)25-9-5-7-23(30(25)36)24-8-6-10-27(31(24)37)39-33(46)32-38-28-16-41(2)14-13-29(28)42(32)3/h5-12H,13-20H2,1-4H3,(H,39,46). The zero-order chi connectivity index (χ0) is 33.0. The fraction of sp³-hybridized carbons (Fsp3) is 0.371. The first-order valence-corrected chi connectivity index (χ1v) is 16.5. The number of nitrogens with zero attached hydrogens (tertiary/aromatic N) is 6. The van der Waals surface area contributed by atoms with E-state index in [-0.39, 0.29) is 17.2 Å². The number of pyridine rings is 1. The highest BCUT2D eigenvalue weighted by atomic mass is 35.5. The highest BCUT2D eigenvalue weighted by molar-refractivity contribution is 6.39. The number of imidazole rings is 1. The number of likely N-dealkylation sites (tertiary alicyclic amines) is 2. The minimum atomic E-state index is -0.320. The predicted octanol–water partition coefficient (Wildman–Crippen LogP) is 5.37. The zero-order valence-corrected chi connectivity index (χ0v) is 28.5. The minimum absolute atomic E-state index is 0.145. The first-order chi connectivity index (χ1) is 22.6. The molecule has 0 atom stereocenters. The number of benzene rings is 2. The number of rotatable bonds is 7. The Morgan fingerprint density at radius 2 is 1.64 bits per heavy atom. The topological polar surface area (TPSA) is 95.8 Å². The Bertz CT molecular complexity index is 1890. The van der Waals surface area contributed by atoms with Crippen LogP contribution in [-0.2, 0) is 31.4 Å². The van der Waals surface area contributed by atoms with Crippen LogP contribution in [0.1, 0.15) is 34.5 Å². The molecule has 0 radical (unpaired) electrons. The molecule has 3 aliphatic heterocycles. The van der Waals surface area contributed by atoms with Crippen LogP contribution in [0.3, 0.4) is 0 Å². The molecule has 7 rings (SSSR count). The van der Waals surface area contributed by atoms with Crippen molar-refractivity contribution in [2.24, 2.45) is 12.5 Å². The van der Waals surface area contributed by atoms with Crippen molar-refractivity contribution in [3.63, 3.8) is 0 Å². The lowest BCUT2D eigenvalue weighted by atomic mass is 9.72. The second-order valence-electron chi connectivity index (χ2n) is 13.0. The zero-order valence-electron chi connectivity index (χ0n) is 26.9. The van der Waals surface area contributed by atoms with Gasteiger partial charge in [0.2, 0.25) is 11.8 Å². The second-order valence-corrected chi connectivity index (χ2v) is 13.8. The van der Waals surface area contributed by atoms with Crippen LogP contribution < -0.4 is 10.1 Å². The first-order valence-electron chi connectivity index (χ1n) is 15.7. The normalized spacial score (nSPS) is 17.2. The van der Waals surface area contributed by atoms with Crippen LogP contribution in [0, 0.1) is 5.41 Å². The number of anilines is 1. The van der Waals surface area contributed by atoms with Gasteiger partial charge in [0.1, 0.15) is 0 Å². The quantitative estimate of drug-likeness (QED) is 0.282. The molecule has 2 saturated heterocycles. The number of carbonyl (C=O) groups is 2. The van der Waals surface area contributed by atoms with Crippen molar-refractivity contribution in [3.05, 3.63) is 81.4 Å². The maximum absolute atomic E-state index is 13.4. The van der Waals surface area contributed by atoms with E-state index in [9.17, 15) is 9.59 Å². The van der Waals surface area contributed by atoms with Gasteiger partial charge in [-0.2, -0.15) is 0 Å². The largest absolute Gasteiger partial charge is 0.481 e. The molecule has 4 aromatic rings. The number of hydrogen-bond acceptors (Lipinski definition) is 7. The maximum atomic E-state index is 13.4. The molecule has 1 N–H and O–H groups in total. The van der Waals surface area contributed by atoms with Gasteiger partial charge in [0.25, 0.3) is 5.91 Å². The lowest BCUT2D eigenvalue weighted by Gasteiger charge is -2.60. The Labute approximate surface area is 284 Å². The van der Waals surface area contributed by atoms with Gasteiger partial charge in [-0.15, -0.1) is 0 Å². The molecule has 2 aromatic heterocycles. The Hall–Kier alpha value is -3.96. The van der Waals surface area contributed by atoms with Gasteiger partial charge in [0.15, 0.2) is 5.82 Å². The number of hydrogen-bond donors (Lipinski definition) is 1. The van der Waals surface area contributed by atoms with E-state index < -0.39 is 0 Å². The summed E-state index contributed by atoms with van der Waals surface area (Å²) in [6.45, 7) is 7.58. The molecular weight excluding hydrogens is 637 g/mol. The van der Waals surface area contributed by atoms with Gasteiger partial charge in [-0.1, -0.05) is 59.6 Å². The van der Waals surface area contributed by atoms with Gasteiger partial charge in [0.05, 0.1) is 34.2 Å². The van der Waals surface area contributed by atoms with Crippen LogP contribution in [-0.4, -0.2) is 87.9 Å². The number of carbonyl (C=O) groups excluding carboxylic acids is 2. The molecule has 10 nitrogen and oxygen atoms in total. The molecule has 47 heavy (non-hydrogen) atoms. The Balaban J connectivity index is 1.09. The lowest BCUT2D eigenvalue weighted by Crippen LogP contribution is -2.72. The molecule has 2 fully saturated rings. The third-order valence-electron chi connectivity index (χ3n) is 9.60. The monoisotopic (exact) mass is 673 g/mol. The smallest absolute Gasteiger partial charge is 0.291 e. The fourth-order valence-corrected chi connectivity index (χ4v) is 7.77. The lowest BCUT2D eigenvalue weighted by molar-refractivity contribution is -0.157. The summed E-state index contributed by atoms with van der Waals surface area (Å²) in [5, 5.41) is 3.84. The number of halogens is 2. The van der Waals surface area contributed by atoms with Crippen LogP contribution in [0.4, 0.5) is 5.69 Å². The van der Waals surface area contributed by atoms with Crippen LogP contribution in [0.25, 0.3) is 22.4 Å². The Morgan fingerprint density at radius 3 is 2.36 bits per heavy atom. The molecule has 0 unspecified atom stereocenters.